The molecule has 2 N–H and O–H groups in total. The van der Waals surface area contributed by atoms with Gasteiger partial charge < -0.3 is 24.7 Å². The number of aromatic amines is 1. The highest BCUT2D eigenvalue weighted by Gasteiger charge is 2.33. The summed E-state index contributed by atoms with van der Waals surface area (Å²) in [4.78, 5) is 18.3. The van der Waals surface area contributed by atoms with E-state index in [0.29, 0.717) is 28.7 Å². The van der Waals surface area contributed by atoms with Crippen LogP contribution in [-0.2, 0) is 6.42 Å². The maximum absolute atomic E-state index is 13.2. The van der Waals surface area contributed by atoms with E-state index in [1.54, 1.807) is 21.3 Å². The number of nitrogens with one attached hydrogen (secondary N) is 2. The number of aromatic nitrogens is 1. The van der Waals surface area contributed by atoms with Gasteiger partial charge in [-0.1, -0.05) is 11.6 Å². The van der Waals surface area contributed by atoms with Crippen LogP contribution in [0.4, 0.5) is 0 Å². The normalized spacial score (nSPS) is 15.6. The van der Waals surface area contributed by atoms with Crippen molar-refractivity contribution in [3.05, 3.63) is 69.0 Å². The molecule has 4 rings (SSSR count). The van der Waals surface area contributed by atoms with Crippen molar-refractivity contribution in [2.45, 2.75) is 19.4 Å². The molecule has 1 aliphatic heterocycles. The van der Waals surface area contributed by atoms with Gasteiger partial charge in [0.15, 0.2) is 16.6 Å². The Morgan fingerprint density at radius 3 is 2.57 bits per heavy atom. The first-order valence-electron chi connectivity index (χ1n) is 9.83. The van der Waals surface area contributed by atoms with Crippen molar-refractivity contribution < 1.29 is 9.47 Å². The highest BCUT2D eigenvalue weighted by molar-refractivity contribution is 7.80. The summed E-state index contributed by atoms with van der Waals surface area (Å²) in [5.41, 5.74) is 4.60. The Morgan fingerprint density at radius 2 is 1.87 bits per heavy atom. The predicted octanol–water partition coefficient (Wildman–Crippen LogP) is 3.31. The van der Waals surface area contributed by atoms with E-state index in [1.165, 1.54) is 0 Å². The third-order valence-electron chi connectivity index (χ3n) is 5.67. The number of benzene rings is 2. The van der Waals surface area contributed by atoms with Crippen molar-refractivity contribution in [1.29, 1.82) is 0 Å². The average Bonchev–Trinajstić information content (AvgIpc) is 2.76. The predicted molar refractivity (Wildman–Crippen MR) is 123 cm³/mol. The number of methoxy groups -OCH3 is 2. The van der Waals surface area contributed by atoms with Crippen LogP contribution in [0, 0.1) is 6.92 Å². The molecule has 0 saturated heterocycles. The molecule has 6 nitrogen and oxygen atoms in total. The molecule has 0 radical (unpaired) electrons. The van der Waals surface area contributed by atoms with Crippen LogP contribution < -0.4 is 20.3 Å². The van der Waals surface area contributed by atoms with Gasteiger partial charge in [0.1, 0.15) is 0 Å². The second-order valence-corrected chi connectivity index (χ2v) is 7.84. The van der Waals surface area contributed by atoms with Crippen LogP contribution in [0.1, 0.15) is 28.3 Å². The van der Waals surface area contributed by atoms with E-state index in [1.807, 2.05) is 37.3 Å². The first-order valence-corrected chi connectivity index (χ1v) is 10.2. The van der Waals surface area contributed by atoms with E-state index in [-0.39, 0.29) is 11.6 Å². The molecule has 1 unspecified atom stereocenters. The minimum Gasteiger partial charge on any atom is -0.493 e. The van der Waals surface area contributed by atoms with Crippen LogP contribution in [0.3, 0.4) is 0 Å². The van der Waals surface area contributed by atoms with Crippen LogP contribution in [0.15, 0.2) is 41.2 Å². The molecule has 0 aliphatic carbocycles. The van der Waals surface area contributed by atoms with Crippen LogP contribution in [-0.4, -0.2) is 42.8 Å². The lowest BCUT2D eigenvalue weighted by atomic mass is 9.88. The Kier molecular flexibility index (Phi) is 5.39. The number of H-pyrrole nitrogens is 1. The molecule has 0 spiro atoms. The van der Waals surface area contributed by atoms with E-state index in [2.05, 4.69) is 21.3 Å². The van der Waals surface area contributed by atoms with Crippen LogP contribution in [0.5, 0.6) is 11.5 Å². The largest absolute Gasteiger partial charge is 0.493 e. The SMILES string of the molecule is CNC(=S)N1CCc2cc(OC)c(OC)cc2C1c1cc2cc(C)ccc2[nH]c1=O. The zero-order valence-corrected chi connectivity index (χ0v) is 18.4. The number of pyridine rings is 1. The van der Waals surface area contributed by atoms with Crippen molar-refractivity contribution in [1.82, 2.24) is 15.2 Å². The molecule has 156 valence electrons. The van der Waals surface area contributed by atoms with E-state index < -0.39 is 0 Å². The standard InChI is InChI=1S/C23H25N3O3S/c1-13-5-6-18-15(9-13)10-17(22(27)25-18)21-16-12-20(29-4)19(28-3)11-14(16)7-8-26(21)23(30)24-2/h5-6,9-12,21H,7-8H2,1-4H3,(H,24,30)(H,25,27). The van der Waals surface area contributed by atoms with Gasteiger partial charge in [0.25, 0.3) is 5.56 Å². The highest BCUT2D eigenvalue weighted by Crippen LogP contribution is 2.40. The number of aryl methyl sites for hydroxylation is 1. The Labute approximate surface area is 180 Å². The molecule has 1 atom stereocenters. The van der Waals surface area contributed by atoms with E-state index in [9.17, 15) is 4.79 Å². The van der Waals surface area contributed by atoms with Gasteiger partial charge in [-0.15, -0.1) is 0 Å². The molecule has 3 aromatic rings. The molecule has 0 amide bonds. The second-order valence-electron chi connectivity index (χ2n) is 7.45. The molecule has 1 aliphatic rings. The number of nitrogens with zero attached hydrogens (tertiary/aromatic N) is 1. The zero-order chi connectivity index (χ0) is 21.4. The molecule has 2 aromatic carbocycles. The Bertz CT molecular complexity index is 1190. The van der Waals surface area contributed by atoms with Crippen molar-refractivity contribution in [2.24, 2.45) is 0 Å². The number of hydrogen-bond acceptors (Lipinski definition) is 4. The maximum Gasteiger partial charge on any atom is 0.254 e. The summed E-state index contributed by atoms with van der Waals surface area (Å²) in [6.45, 7) is 2.73. The zero-order valence-electron chi connectivity index (χ0n) is 17.5. The van der Waals surface area contributed by atoms with E-state index in [0.717, 1.165) is 34.0 Å². The summed E-state index contributed by atoms with van der Waals surface area (Å²) in [5, 5.41) is 4.67. The molecule has 1 aromatic heterocycles. The quantitative estimate of drug-likeness (QED) is 0.630. The minimum atomic E-state index is -0.331. The first kappa shape index (κ1) is 20.2. The molecule has 0 fully saturated rings. The fourth-order valence-corrected chi connectivity index (χ4v) is 4.39. The van der Waals surface area contributed by atoms with E-state index >= 15 is 0 Å². The fourth-order valence-electron chi connectivity index (χ4n) is 4.19. The van der Waals surface area contributed by atoms with Crippen molar-refractivity contribution >= 4 is 28.2 Å². The average molecular weight is 424 g/mol. The minimum absolute atomic E-state index is 0.122. The molecular weight excluding hydrogens is 398 g/mol. The molecule has 30 heavy (non-hydrogen) atoms. The summed E-state index contributed by atoms with van der Waals surface area (Å²) in [5.74, 6) is 1.31. The monoisotopic (exact) mass is 423 g/mol. The molecule has 0 saturated carbocycles. The summed E-state index contributed by atoms with van der Waals surface area (Å²) in [7, 11) is 5.05. The number of hydrogen-bond donors (Lipinski definition) is 2. The summed E-state index contributed by atoms with van der Waals surface area (Å²) in [6, 6.07) is 11.6. The van der Waals surface area contributed by atoms with Crippen LogP contribution in [0.25, 0.3) is 10.9 Å². The van der Waals surface area contributed by atoms with Crippen molar-refractivity contribution in [3.63, 3.8) is 0 Å². The van der Waals surface area contributed by atoms with Gasteiger partial charge in [0.2, 0.25) is 0 Å². The smallest absolute Gasteiger partial charge is 0.254 e. The summed E-state index contributed by atoms with van der Waals surface area (Å²) >= 11 is 5.60. The van der Waals surface area contributed by atoms with Crippen molar-refractivity contribution in [3.8, 4) is 11.5 Å². The van der Waals surface area contributed by atoms with Crippen LogP contribution >= 0.6 is 12.2 Å². The van der Waals surface area contributed by atoms with Gasteiger partial charge in [0.05, 0.1) is 20.3 Å². The molecule has 2 heterocycles. The van der Waals surface area contributed by atoms with Crippen molar-refractivity contribution in [2.75, 3.05) is 27.8 Å². The topological polar surface area (TPSA) is 66.6 Å². The molecule has 7 heteroatoms. The Hall–Kier alpha value is -3.06. The Morgan fingerprint density at radius 1 is 1.13 bits per heavy atom. The first-order chi connectivity index (χ1) is 14.5. The molecule has 0 bridgehead atoms. The van der Waals surface area contributed by atoms with Gasteiger partial charge >= 0.3 is 0 Å². The van der Waals surface area contributed by atoms with Gasteiger partial charge in [-0.2, -0.15) is 0 Å². The third-order valence-corrected chi connectivity index (χ3v) is 6.11. The van der Waals surface area contributed by atoms with E-state index in [4.69, 9.17) is 21.7 Å². The number of rotatable bonds is 3. The molecular formula is C23H25N3O3S. The summed E-state index contributed by atoms with van der Waals surface area (Å²) in [6.07, 6.45) is 0.790. The Balaban J connectivity index is 1.97. The number of ether oxygens (including phenoxy) is 2. The van der Waals surface area contributed by atoms with Gasteiger partial charge in [0, 0.05) is 24.7 Å². The maximum atomic E-state index is 13.2. The third kappa shape index (κ3) is 3.39. The van der Waals surface area contributed by atoms with Crippen LogP contribution in [0.2, 0.25) is 0 Å². The lowest BCUT2D eigenvalue weighted by molar-refractivity contribution is 0.324. The van der Waals surface area contributed by atoms with Gasteiger partial charge in [-0.05, 0) is 72.4 Å². The summed E-state index contributed by atoms with van der Waals surface area (Å²) < 4.78 is 11.0. The number of thiocarbonyl (C=S) groups is 1. The second kappa shape index (κ2) is 7.99. The van der Waals surface area contributed by atoms with Gasteiger partial charge in [-0.3, -0.25) is 4.79 Å². The van der Waals surface area contributed by atoms with Gasteiger partial charge in [-0.25, -0.2) is 0 Å². The fraction of sp³-hybridized carbons (Fsp3) is 0.304. The number of fused-ring (bicyclic) bond motifs is 2. The lowest BCUT2D eigenvalue weighted by Gasteiger charge is -2.39. The lowest BCUT2D eigenvalue weighted by Crippen LogP contribution is -2.46. The highest BCUT2D eigenvalue weighted by atomic mass is 32.1.